The van der Waals surface area contributed by atoms with Crippen molar-refractivity contribution in [1.82, 2.24) is 10.6 Å². The molecule has 6 nitrogen and oxygen atoms in total. The standard InChI is InChI=1S/C22H31N3O3/c1-16-6-8-19(21(12-16)28-11-10-26-4)15-25-22(23-3)24-14-18-7-9-20(27-5)17(2)13-18/h6-9,12-13H,10-11,14-15H2,1-5H3,(H2,23,24,25). The zero-order chi connectivity index (χ0) is 20.4. The minimum Gasteiger partial charge on any atom is -0.496 e. The quantitative estimate of drug-likeness (QED) is 0.394. The van der Waals surface area contributed by atoms with Crippen LogP contribution in [0.4, 0.5) is 0 Å². The molecule has 0 aliphatic carbocycles. The summed E-state index contributed by atoms with van der Waals surface area (Å²) in [6.45, 7) is 6.47. The highest BCUT2D eigenvalue weighted by atomic mass is 16.5. The van der Waals surface area contributed by atoms with Gasteiger partial charge in [-0.1, -0.05) is 24.3 Å². The summed E-state index contributed by atoms with van der Waals surface area (Å²) in [7, 11) is 5.12. The van der Waals surface area contributed by atoms with Crippen molar-refractivity contribution in [2.24, 2.45) is 4.99 Å². The summed E-state index contributed by atoms with van der Waals surface area (Å²) in [6, 6.07) is 12.3. The molecule has 0 amide bonds. The van der Waals surface area contributed by atoms with E-state index in [1.54, 1.807) is 21.3 Å². The molecule has 2 aromatic carbocycles. The summed E-state index contributed by atoms with van der Waals surface area (Å²) in [6.07, 6.45) is 0. The van der Waals surface area contributed by atoms with E-state index in [2.05, 4.69) is 40.7 Å². The Morgan fingerprint density at radius 3 is 2.39 bits per heavy atom. The van der Waals surface area contributed by atoms with Crippen molar-refractivity contribution in [3.8, 4) is 11.5 Å². The van der Waals surface area contributed by atoms with Crippen molar-refractivity contribution >= 4 is 5.96 Å². The zero-order valence-corrected chi connectivity index (χ0v) is 17.5. The number of nitrogens with one attached hydrogen (secondary N) is 2. The lowest BCUT2D eigenvalue weighted by molar-refractivity contribution is 0.145. The van der Waals surface area contributed by atoms with E-state index >= 15 is 0 Å². The van der Waals surface area contributed by atoms with Crippen LogP contribution in [0.5, 0.6) is 11.5 Å². The SMILES string of the molecule is CN=C(NCc1ccc(OC)c(C)c1)NCc1ccc(C)cc1OCCOC. The average Bonchev–Trinajstić information content (AvgIpc) is 2.69. The summed E-state index contributed by atoms with van der Waals surface area (Å²) in [5.74, 6) is 2.49. The first-order chi connectivity index (χ1) is 13.6. The van der Waals surface area contributed by atoms with Crippen LogP contribution in [-0.2, 0) is 17.8 Å². The molecular formula is C22H31N3O3. The van der Waals surface area contributed by atoms with Gasteiger partial charge in [0.1, 0.15) is 18.1 Å². The lowest BCUT2D eigenvalue weighted by Crippen LogP contribution is -2.36. The maximum atomic E-state index is 5.85. The van der Waals surface area contributed by atoms with Crippen LogP contribution in [0.1, 0.15) is 22.3 Å². The fourth-order valence-corrected chi connectivity index (χ4v) is 2.81. The summed E-state index contributed by atoms with van der Waals surface area (Å²) >= 11 is 0. The molecule has 0 spiro atoms. The van der Waals surface area contributed by atoms with Gasteiger partial charge in [-0.15, -0.1) is 0 Å². The fourth-order valence-electron chi connectivity index (χ4n) is 2.81. The summed E-state index contributed by atoms with van der Waals surface area (Å²) < 4.78 is 16.2. The summed E-state index contributed by atoms with van der Waals surface area (Å²) in [5, 5.41) is 6.69. The van der Waals surface area contributed by atoms with Gasteiger partial charge in [0, 0.05) is 32.8 Å². The Balaban J connectivity index is 1.94. The number of hydrogen-bond acceptors (Lipinski definition) is 4. The van der Waals surface area contributed by atoms with Gasteiger partial charge in [0.2, 0.25) is 0 Å². The molecule has 2 N–H and O–H groups in total. The second kappa shape index (κ2) is 11.2. The van der Waals surface area contributed by atoms with Crippen molar-refractivity contribution < 1.29 is 14.2 Å². The van der Waals surface area contributed by atoms with E-state index in [1.165, 1.54) is 5.56 Å². The number of aliphatic imine (C=N–C) groups is 1. The van der Waals surface area contributed by atoms with E-state index in [1.807, 2.05) is 25.1 Å². The predicted octanol–water partition coefficient (Wildman–Crippen LogP) is 3.20. The van der Waals surface area contributed by atoms with Gasteiger partial charge in [0.25, 0.3) is 0 Å². The van der Waals surface area contributed by atoms with Crippen LogP contribution in [0, 0.1) is 13.8 Å². The highest BCUT2D eigenvalue weighted by Crippen LogP contribution is 2.20. The molecule has 0 fully saturated rings. The van der Waals surface area contributed by atoms with E-state index in [0.29, 0.717) is 26.3 Å². The van der Waals surface area contributed by atoms with Gasteiger partial charge in [-0.2, -0.15) is 0 Å². The molecule has 152 valence electrons. The average molecular weight is 386 g/mol. The monoisotopic (exact) mass is 385 g/mol. The molecule has 0 atom stereocenters. The molecular weight excluding hydrogens is 354 g/mol. The van der Waals surface area contributed by atoms with Crippen molar-refractivity contribution in [3.05, 3.63) is 58.7 Å². The Kier molecular flexibility index (Phi) is 8.62. The lowest BCUT2D eigenvalue weighted by atomic mass is 10.1. The van der Waals surface area contributed by atoms with E-state index in [0.717, 1.165) is 34.1 Å². The molecule has 28 heavy (non-hydrogen) atoms. The Bertz CT molecular complexity index is 791. The number of aryl methyl sites for hydroxylation is 2. The number of guanidine groups is 1. The Morgan fingerprint density at radius 1 is 0.929 bits per heavy atom. The Labute approximate surface area is 167 Å². The minimum atomic E-state index is 0.525. The van der Waals surface area contributed by atoms with E-state index in [9.17, 15) is 0 Å². The molecule has 0 saturated carbocycles. The van der Waals surface area contributed by atoms with Crippen LogP contribution in [-0.4, -0.2) is 40.4 Å². The second-order valence-corrected chi connectivity index (χ2v) is 6.54. The largest absolute Gasteiger partial charge is 0.496 e. The third-order valence-corrected chi connectivity index (χ3v) is 4.36. The first-order valence-electron chi connectivity index (χ1n) is 9.36. The number of rotatable bonds is 9. The normalized spacial score (nSPS) is 11.2. The molecule has 0 aliphatic heterocycles. The maximum Gasteiger partial charge on any atom is 0.191 e. The molecule has 0 radical (unpaired) electrons. The lowest BCUT2D eigenvalue weighted by Gasteiger charge is -2.16. The molecule has 0 heterocycles. The highest BCUT2D eigenvalue weighted by molar-refractivity contribution is 5.79. The summed E-state index contributed by atoms with van der Waals surface area (Å²) in [5.41, 5.74) is 4.51. The molecule has 0 aromatic heterocycles. The van der Waals surface area contributed by atoms with Crippen LogP contribution in [0.15, 0.2) is 41.4 Å². The molecule has 2 rings (SSSR count). The summed E-state index contributed by atoms with van der Waals surface area (Å²) in [4.78, 5) is 4.31. The molecule has 6 heteroatoms. The fraction of sp³-hybridized carbons (Fsp3) is 0.409. The Hall–Kier alpha value is -2.73. The van der Waals surface area contributed by atoms with Gasteiger partial charge in [-0.25, -0.2) is 0 Å². The third-order valence-electron chi connectivity index (χ3n) is 4.36. The van der Waals surface area contributed by atoms with Gasteiger partial charge < -0.3 is 24.8 Å². The number of hydrogen-bond donors (Lipinski definition) is 2. The van der Waals surface area contributed by atoms with Gasteiger partial charge in [0.05, 0.1) is 13.7 Å². The maximum absolute atomic E-state index is 5.85. The topological polar surface area (TPSA) is 64.1 Å². The van der Waals surface area contributed by atoms with Crippen LogP contribution in [0.2, 0.25) is 0 Å². The van der Waals surface area contributed by atoms with Crippen molar-refractivity contribution in [2.45, 2.75) is 26.9 Å². The number of benzene rings is 2. The van der Waals surface area contributed by atoms with Gasteiger partial charge >= 0.3 is 0 Å². The van der Waals surface area contributed by atoms with Crippen LogP contribution < -0.4 is 20.1 Å². The number of ether oxygens (including phenoxy) is 3. The van der Waals surface area contributed by atoms with Crippen molar-refractivity contribution in [3.63, 3.8) is 0 Å². The second-order valence-electron chi connectivity index (χ2n) is 6.54. The zero-order valence-electron chi connectivity index (χ0n) is 17.5. The van der Waals surface area contributed by atoms with Crippen LogP contribution in [0.25, 0.3) is 0 Å². The molecule has 2 aromatic rings. The molecule has 0 aliphatic rings. The molecule has 0 bridgehead atoms. The predicted molar refractivity (Wildman–Crippen MR) is 113 cm³/mol. The van der Waals surface area contributed by atoms with Gasteiger partial charge in [-0.05, 0) is 42.7 Å². The highest BCUT2D eigenvalue weighted by Gasteiger charge is 2.07. The number of methoxy groups -OCH3 is 2. The van der Waals surface area contributed by atoms with Crippen molar-refractivity contribution in [1.29, 1.82) is 0 Å². The smallest absolute Gasteiger partial charge is 0.191 e. The third kappa shape index (κ3) is 6.46. The van der Waals surface area contributed by atoms with Gasteiger partial charge in [0.15, 0.2) is 5.96 Å². The molecule has 0 unspecified atom stereocenters. The number of nitrogens with zero attached hydrogens (tertiary/aromatic N) is 1. The Morgan fingerprint density at radius 2 is 1.71 bits per heavy atom. The molecule has 0 saturated heterocycles. The van der Waals surface area contributed by atoms with Crippen LogP contribution in [0.3, 0.4) is 0 Å². The van der Waals surface area contributed by atoms with Gasteiger partial charge in [-0.3, -0.25) is 4.99 Å². The van der Waals surface area contributed by atoms with Crippen molar-refractivity contribution in [2.75, 3.05) is 34.5 Å². The first-order valence-corrected chi connectivity index (χ1v) is 9.36. The first kappa shape index (κ1) is 21.6. The van der Waals surface area contributed by atoms with Crippen LogP contribution >= 0.6 is 0 Å². The van der Waals surface area contributed by atoms with E-state index in [-0.39, 0.29) is 0 Å². The van der Waals surface area contributed by atoms with E-state index in [4.69, 9.17) is 14.2 Å². The minimum absolute atomic E-state index is 0.525. The van der Waals surface area contributed by atoms with E-state index < -0.39 is 0 Å².